The molecule has 1 saturated heterocycles. The molecule has 0 aliphatic carbocycles. The predicted molar refractivity (Wildman–Crippen MR) is 147 cm³/mol. The van der Waals surface area contributed by atoms with Gasteiger partial charge in [-0.1, -0.05) is 41.4 Å². The molecule has 0 atom stereocenters. The number of carbonyl (C=O) groups excluding carboxylic acids is 1. The summed E-state index contributed by atoms with van der Waals surface area (Å²) in [6, 6.07) is 16.8. The summed E-state index contributed by atoms with van der Waals surface area (Å²) >= 11 is 13.4. The number of ether oxygens (including phenoxy) is 2. The molecule has 37 heavy (non-hydrogen) atoms. The Morgan fingerprint density at radius 3 is 2.62 bits per heavy atom. The van der Waals surface area contributed by atoms with E-state index < -0.39 is 5.97 Å². The van der Waals surface area contributed by atoms with E-state index in [1.165, 1.54) is 23.9 Å². The fourth-order valence-corrected chi connectivity index (χ4v) is 5.05. The third-order valence-corrected chi connectivity index (χ3v) is 7.00. The molecule has 0 bridgehead atoms. The van der Waals surface area contributed by atoms with Gasteiger partial charge in [-0.05, 0) is 72.8 Å². The number of thioether (sulfide) groups is 1. The Balaban J connectivity index is 1.55. The number of aliphatic imine (C=N–C) groups is 1. The van der Waals surface area contributed by atoms with Crippen molar-refractivity contribution in [3.63, 3.8) is 0 Å². The first-order valence-electron chi connectivity index (χ1n) is 11.2. The zero-order chi connectivity index (χ0) is 26.5. The molecular weight excluding hydrogens is 535 g/mol. The van der Waals surface area contributed by atoms with Crippen molar-refractivity contribution in [1.29, 1.82) is 0 Å². The number of nitrogens with zero attached hydrogens (tertiary/aromatic N) is 2. The van der Waals surface area contributed by atoms with Crippen LogP contribution in [0.4, 0.5) is 5.69 Å². The van der Waals surface area contributed by atoms with E-state index in [4.69, 9.17) is 32.7 Å². The molecule has 4 rings (SSSR count). The molecule has 10 heteroatoms. The van der Waals surface area contributed by atoms with E-state index in [9.17, 15) is 14.7 Å². The van der Waals surface area contributed by atoms with Gasteiger partial charge in [-0.25, -0.2) is 9.79 Å². The molecule has 3 aromatic rings. The monoisotopic (exact) mass is 556 g/mol. The topological polar surface area (TPSA) is 88.4 Å². The van der Waals surface area contributed by atoms with Gasteiger partial charge in [-0.3, -0.25) is 9.69 Å². The summed E-state index contributed by atoms with van der Waals surface area (Å²) < 4.78 is 11.4. The van der Waals surface area contributed by atoms with Crippen molar-refractivity contribution in [3.05, 3.63) is 92.3 Å². The zero-order valence-corrected chi connectivity index (χ0v) is 22.2. The molecule has 1 amide bonds. The van der Waals surface area contributed by atoms with Crippen LogP contribution in [-0.4, -0.2) is 40.7 Å². The number of amides is 1. The van der Waals surface area contributed by atoms with Gasteiger partial charge < -0.3 is 14.6 Å². The summed E-state index contributed by atoms with van der Waals surface area (Å²) in [4.78, 5) is 30.9. The van der Waals surface area contributed by atoms with Gasteiger partial charge in [0.1, 0.15) is 6.61 Å². The molecule has 0 aromatic heterocycles. The van der Waals surface area contributed by atoms with Gasteiger partial charge in [0, 0.05) is 22.2 Å². The maximum atomic E-state index is 13.0. The number of carboxylic acid groups (broad SMARTS) is 1. The van der Waals surface area contributed by atoms with Gasteiger partial charge in [0.2, 0.25) is 0 Å². The number of benzene rings is 3. The first-order chi connectivity index (χ1) is 17.8. The lowest BCUT2D eigenvalue weighted by atomic mass is 10.1. The van der Waals surface area contributed by atoms with Crippen LogP contribution in [0, 0.1) is 0 Å². The molecule has 1 fully saturated rings. The van der Waals surface area contributed by atoms with E-state index in [1.54, 1.807) is 60.6 Å². The normalized spacial score (nSPS) is 15.5. The molecule has 0 radical (unpaired) electrons. The second-order valence-electron chi connectivity index (χ2n) is 7.84. The third-order valence-electron chi connectivity index (χ3n) is 5.41. The first-order valence-corrected chi connectivity index (χ1v) is 12.7. The van der Waals surface area contributed by atoms with Crippen LogP contribution in [0.15, 0.2) is 70.6 Å². The van der Waals surface area contributed by atoms with E-state index in [-0.39, 0.29) is 18.1 Å². The number of halogens is 2. The second-order valence-corrected chi connectivity index (χ2v) is 9.70. The van der Waals surface area contributed by atoms with Crippen LogP contribution in [0.2, 0.25) is 10.0 Å². The molecule has 1 aliphatic rings. The fraction of sp³-hybridized carbons (Fsp3) is 0.148. The van der Waals surface area contributed by atoms with Crippen LogP contribution in [0.1, 0.15) is 28.4 Å². The van der Waals surface area contributed by atoms with Crippen LogP contribution in [-0.2, 0) is 11.4 Å². The molecule has 0 saturated carbocycles. The summed E-state index contributed by atoms with van der Waals surface area (Å²) in [5.74, 6) is -0.196. The number of hydrogen-bond donors (Lipinski definition) is 1. The molecule has 0 unspecified atom stereocenters. The Labute approximate surface area is 228 Å². The van der Waals surface area contributed by atoms with Crippen molar-refractivity contribution < 1.29 is 24.2 Å². The average Bonchev–Trinajstić information content (AvgIpc) is 3.17. The Morgan fingerprint density at radius 2 is 1.92 bits per heavy atom. The van der Waals surface area contributed by atoms with E-state index in [2.05, 4.69) is 4.99 Å². The van der Waals surface area contributed by atoms with E-state index in [0.29, 0.717) is 43.8 Å². The summed E-state index contributed by atoms with van der Waals surface area (Å²) in [6.07, 6.45) is 1.76. The number of methoxy groups -OCH3 is 1. The van der Waals surface area contributed by atoms with Gasteiger partial charge >= 0.3 is 5.97 Å². The van der Waals surface area contributed by atoms with E-state index in [1.807, 2.05) is 13.0 Å². The quantitative estimate of drug-likeness (QED) is 0.303. The van der Waals surface area contributed by atoms with Gasteiger partial charge in [-0.2, -0.15) is 0 Å². The van der Waals surface area contributed by atoms with Crippen molar-refractivity contribution in [1.82, 2.24) is 4.90 Å². The molecule has 3 aromatic carbocycles. The first kappa shape index (κ1) is 26.6. The van der Waals surface area contributed by atoms with Gasteiger partial charge in [0.05, 0.1) is 23.3 Å². The van der Waals surface area contributed by atoms with Crippen molar-refractivity contribution in [2.75, 3.05) is 13.7 Å². The van der Waals surface area contributed by atoms with E-state index >= 15 is 0 Å². The summed E-state index contributed by atoms with van der Waals surface area (Å²) in [7, 11) is 1.54. The standard InChI is InChI=1S/C27H22Cl2N2O5S/c1-3-31-25(32)24(37-27(31)30-20-6-4-5-17(13-20)26(33)34)12-16-7-10-22(23(11-16)35-2)36-15-18-8-9-19(28)14-21(18)29/h4-14H,3,15H2,1-2H3,(H,33,34)/b24-12-,30-27?. The van der Waals surface area contributed by atoms with Crippen molar-refractivity contribution >= 4 is 63.8 Å². The maximum Gasteiger partial charge on any atom is 0.335 e. The predicted octanol–water partition coefficient (Wildman–Crippen LogP) is 6.90. The largest absolute Gasteiger partial charge is 0.493 e. The highest BCUT2D eigenvalue weighted by Gasteiger charge is 2.32. The summed E-state index contributed by atoms with van der Waals surface area (Å²) in [5.41, 5.74) is 2.11. The molecule has 1 N–H and O–H groups in total. The minimum Gasteiger partial charge on any atom is -0.493 e. The maximum absolute atomic E-state index is 13.0. The minimum absolute atomic E-state index is 0.128. The number of hydrogen-bond acceptors (Lipinski definition) is 6. The number of carboxylic acids is 1. The molecule has 190 valence electrons. The van der Waals surface area contributed by atoms with Crippen molar-refractivity contribution in [3.8, 4) is 11.5 Å². The van der Waals surface area contributed by atoms with Crippen LogP contribution in [0.3, 0.4) is 0 Å². The summed E-state index contributed by atoms with van der Waals surface area (Å²) in [5, 5.41) is 10.8. The fourth-order valence-electron chi connectivity index (χ4n) is 3.53. The zero-order valence-electron chi connectivity index (χ0n) is 19.9. The molecule has 7 nitrogen and oxygen atoms in total. The van der Waals surface area contributed by atoms with Crippen LogP contribution in [0.25, 0.3) is 6.08 Å². The average molecular weight is 557 g/mol. The van der Waals surface area contributed by atoms with Crippen molar-refractivity contribution in [2.24, 2.45) is 4.99 Å². The van der Waals surface area contributed by atoms with Crippen LogP contribution >= 0.6 is 35.0 Å². The number of carbonyl (C=O) groups is 2. The Kier molecular flexibility index (Phi) is 8.43. The van der Waals surface area contributed by atoms with Gasteiger partial charge in [-0.15, -0.1) is 0 Å². The molecule has 1 aliphatic heterocycles. The smallest absolute Gasteiger partial charge is 0.335 e. The Morgan fingerprint density at radius 1 is 1.11 bits per heavy atom. The number of rotatable bonds is 8. The van der Waals surface area contributed by atoms with Gasteiger partial charge in [0.15, 0.2) is 16.7 Å². The molecular formula is C27H22Cl2N2O5S. The highest BCUT2D eigenvalue weighted by molar-refractivity contribution is 8.18. The lowest BCUT2D eigenvalue weighted by Crippen LogP contribution is -2.28. The number of amidine groups is 1. The minimum atomic E-state index is -1.04. The SMILES string of the molecule is CCN1C(=O)/C(=C/c2ccc(OCc3ccc(Cl)cc3Cl)c(OC)c2)SC1=Nc1cccc(C(=O)O)c1. The van der Waals surface area contributed by atoms with Crippen molar-refractivity contribution in [2.45, 2.75) is 13.5 Å². The third kappa shape index (κ3) is 6.28. The molecule has 0 spiro atoms. The Bertz CT molecular complexity index is 1420. The van der Waals surface area contributed by atoms with Gasteiger partial charge in [0.25, 0.3) is 5.91 Å². The van der Waals surface area contributed by atoms with Crippen LogP contribution in [0.5, 0.6) is 11.5 Å². The highest BCUT2D eigenvalue weighted by atomic mass is 35.5. The van der Waals surface area contributed by atoms with Crippen LogP contribution < -0.4 is 9.47 Å². The lowest BCUT2D eigenvalue weighted by Gasteiger charge is -2.13. The number of likely N-dealkylation sites (N-methyl/N-ethyl adjacent to an activating group) is 1. The van der Waals surface area contributed by atoms with E-state index in [0.717, 1.165) is 11.1 Å². The second kappa shape index (κ2) is 11.7. The molecule has 1 heterocycles. The summed E-state index contributed by atoms with van der Waals surface area (Å²) in [6.45, 7) is 2.51. The lowest BCUT2D eigenvalue weighted by molar-refractivity contribution is -0.122. The number of aromatic carboxylic acids is 1. The highest BCUT2D eigenvalue weighted by Crippen LogP contribution is 2.36. The Hall–Kier alpha value is -3.46.